The molecule has 2 rings (SSSR count). The predicted octanol–water partition coefficient (Wildman–Crippen LogP) is 3.98. The van der Waals surface area contributed by atoms with E-state index in [0.717, 1.165) is 6.42 Å². The summed E-state index contributed by atoms with van der Waals surface area (Å²) in [6.45, 7) is 2.78. The molecule has 0 saturated carbocycles. The Morgan fingerprint density at radius 2 is 1.79 bits per heavy atom. The number of halogens is 1. The molecule has 5 heteroatoms. The lowest BCUT2D eigenvalue weighted by Crippen LogP contribution is -2.36. The van der Waals surface area contributed by atoms with Gasteiger partial charge in [-0.25, -0.2) is 4.39 Å². The molecule has 1 atom stereocenters. The Hall–Kier alpha value is -1.98. The lowest BCUT2D eigenvalue weighted by Gasteiger charge is -2.26. The molecule has 0 unspecified atom stereocenters. The van der Waals surface area contributed by atoms with E-state index in [1.807, 2.05) is 14.1 Å². The van der Waals surface area contributed by atoms with Crippen molar-refractivity contribution in [3.63, 3.8) is 0 Å². The second kappa shape index (κ2) is 8.76. The highest BCUT2D eigenvalue weighted by atomic mass is 32.1. The van der Waals surface area contributed by atoms with Crippen molar-refractivity contribution in [2.24, 2.45) is 0 Å². The van der Waals surface area contributed by atoms with Crippen LogP contribution < -0.4 is 10.6 Å². The number of aryl methyl sites for hydroxylation is 1. The SMILES string of the molecule is CCc1ccc([C@H](CNC(=S)Nc2ccccc2F)N(C)C)cc1. The van der Waals surface area contributed by atoms with E-state index in [0.29, 0.717) is 17.3 Å². The average Bonchev–Trinajstić information content (AvgIpc) is 2.57. The minimum atomic E-state index is -0.319. The summed E-state index contributed by atoms with van der Waals surface area (Å²) in [6.07, 6.45) is 1.03. The van der Waals surface area contributed by atoms with E-state index in [1.165, 1.54) is 17.2 Å². The van der Waals surface area contributed by atoms with Crippen molar-refractivity contribution < 1.29 is 4.39 Å². The minimum Gasteiger partial charge on any atom is -0.361 e. The maximum atomic E-state index is 13.7. The van der Waals surface area contributed by atoms with Crippen molar-refractivity contribution in [3.8, 4) is 0 Å². The number of likely N-dealkylation sites (N-methyl/N-ethyl adjacent to an activating group) is 1. The summed E-state index contributed by atoms with van der Waals surface area (Å²) in [7, 11) is 4.07. The number of para-hydroxylation sites is 1. The van der Waals surface area contributed by atoms with Gasteiger partial charge in [0.05, 0.1) is 11.7 Å². The van der Waals surface area contributed by atoms with Crippen LogP contribution in [-0.4, -0.2) is 30.7 Å². The molecule has 0 aliphatic heterocycles. The molecule has 0 saturated heterocycles. The molecule has 0 radical (unpaired) electrons. The second-order valence-electron chi connectivity index (χ2n) is 5.89. The summed E-state index contributed by atoms with van der Waals surface area (Å²) >= 11 is 5.28. The molecule has 2 aromatic carbocycles. The van der Waals surface area contributed by atoms with E-state index >= 15 is 0 Å². The highest BCUT2D eigenvalue weighted by Crippen LogP contribution is 2.18. The smallest absolute Gasteiger partial charge is 0.170 e. The zero-order chi connectivity index (χ0) is 17.5. The molecular formula is C19H24FN3S. The Morgan fingerprint density at radius 3 is 2.38 bits per heavy atom. The normalized spacial score (nSPS) is 12.0. The highest BCUT2D eigenvalue weighted by molar-refractivity contribution is 7.80. The van der Waals surface area contributed by atoms with Crippen LogP contribution in [0.25, 0.3) is 0 Å². The number of rotatable bonds is 6. The van der Waals surface area contributed by atoms with Crippen LogP contribution in [0.3, 0.4) is 0 Å². The van der Waals surface area contributed by atoms with Gasteiger partial charge in [-0.15, -0.1) is 0 Å². The van der Waals surface area contributed by atoms with E-state index in [9.17, 15) is 4.39 Å². The van der Waals surface area contributed by atoms with Gasteiger partial charge < -0.3 is 15.5 Å². The summed E-state index contributed by atoms with van der Waals surface area (Å²) in [4.78, 5) is 2.14. The molecule has 2 aromatic rings. The molecule has 2 N–H and O–H groups in total. The molecule has 0 aliphatic carbocycles. The Bertz CT molecular complexity index is 671. The first-order valence-electron chi connectivity index (χ1n) is 8.06. The summed E-state index contributed by atoms with van der Waals surface area (Å²) in [6, 6.07) is 15.3. The van der Waals surface area contributed by atoms with Crippen molar-refractivity contribution in [2.45, 2.75) is 19.4 Å². The third-order valence-corrected chi connectivity index (χ3v) is 4.22. The molecule has 0 heterocycles. The molecule has 0 aliphatic rings. The van der Waals surface area contributed by atoms with Crippen LogP contribution in [0.15, 0.2) is 48.5 Å². The Balaban J connectivity index is 1.98. The monoisotopic (exact) mass is 345 g/mol. The van der Waals surface area contributed by atoms with Crippen LogP contribution in [0.1, 0.15) is 24.1 Å². The van der Waals surface area contributed by atoms with Crippen molar-refractivity contribution in [2.75, 3.05) is 26.0 Å². The second-order valence-corrected chi connectivity index (χ2v) is 6.30. The number of benzene rings is 2. The van der Waals surface area contributed by atoms with Gasteiger partial charge in [-0.1, -0.05) is 43.3 Å². The van der Waals surface area contributed by atoms with Crippen LogP contribution in [0.5, 0.6) is 0 Å². The maximum Gasteiger partial charge on any atom is 0.170 e. The third kappa shape index (κ3) is 5.01. The summed E-state index contributed by atoms with van der Waals surface area (Å²) in [5, 5.41) is 6.49. The number of anilines is 1. The Morgan fingerprint density at radius 1 is 1.12 bits per heavy atom. The topological polar surface area (TPSA) is 27.3 Å². The summed E-state index contributed by atoms with van der Waals surface area (Å²) in [5.41, 5.74) is 2.92. The molecule has 24 heavy (non-hydrogen) atoms. The largest absolute Gasteiger partial charge is 0.361 e. The van der Waals surface area contributed by atoms with Gasteiger partial charge in [0.15, 0.2) is 5.11 Å². The standard InChI is InChI=1S/C19H24FN3S/c1-4-14-9-11-15(12-10-14)18(23(2)3)13-21-19(24)22-17-8-6-5-7-16(17)20/h5-12,18H,4,13H2,1-3H3,(H2,21,22,24)/t18-/m0/s1. The summed E-state index contributed by atoms with van der Waals surface area (Å²) in [5.74, 6) is -0.319. The predicted molar refractivity (Wildman–Crippen MR) is 103 cm³/mol. The zero-order valence-electron chi connectivity index (χ0n) is 14.3. The fourth-order valence-corrected chi connectivity index (χ4v) is 2.69. The van der Waals surface area contributed by atoms with Gasteiger partial charge in [0, 0.05) is 6.54 Å². The van der Waals surface area contributed by atoms with Crippen LogP contribution >= 0.6 is 12.2 Å². The first-order valence-corrected chi connectivity index (χ1v) is 8.46. The quantitative estimate of drug-likeness (QED) is 0.775. The van der Waals surface area contributed by atoms with Crippen LogP contribution in [0.4, 0.5) is 10.1 Å². The molecule has 0 aromatic heterocycles. The molecular weight excluding hydrogens is 321 g/mol. The van der Waals surface area contributed by atoms with Crippen LogP contribution in [0.2, 0.25) is 0 Å². The molecule has 0 spiro atoms. The number of nitrogens with one attached hydrogen (secondary N) is 2. The molecule has 128 valence electrons. The molecule has 3 nitrogen and oxygen atoms in total. The summed E-state index contributed by atoms with van der Waals surface area (Å²) < 4.78 is 13.7. The average molecular weight is 345 g/mol. The third-order valence-electron chi connectivity index (χ3n) is 3.97. The van der Waals surface area contributed by atoms with E-state index in [-0.39, 0.29) is 11.9 Å². The van der Waals surface area contributed by atoms with Crippen molar-refractivity contribution in [3.05, 3.63) is 65.5 Å². The first-order chi connectivity index (χ1) is 11.5. The lowest BCUT2D eigenvalue weighted by molar-refractivity contribution is 0.299. The van der Waals surface area contributed by atoms with E-state index in [4.69, 9.17) is 12.2 Å². The lowest BCUT2D eigenvalue weighted by atomic mass is 10.0. The fourth-order valence-electron chi connectivity index (χ4n) is 2.49. The van der Waals surface area contributed by atoms with Crippen LogP contribution in [0, 0.1) is 5.82 Å². The van der Waals surface area contributed by atoms with Gasteiger partial charge in [0.25, 0.3) is 0 Å². The van der Waals surface area contributed by atoms with Crippen LogP contribution in [-0.2, 0) is 6.42 Å². The van der Waals surface area contributed by atoms with Crippen molar-refractivity contribution >= 4 is 23.0 Å². The van der Waals surface area contributed by atoms with Gasteiger partial charge in [-0.05, 0) is 56.0 Å². The number of thiocarbonyl (C=S) groups is 1. The molecule has 0 fully saturated rings. The highest BCUT2D eigenvalue weighted by Gasteiger charge is 2.14. The zero-order valence-corrected chi connectivity index (χ0v) is 15.2. The number of nitrogens with zero attached hydrogens (tertiary/aromatic N) is 1. The number of hydrogen-bond acceptors (Lipinski definition) is 2. The van der Waals surface area contributed by atoms with E-state index < -0.39 is 0 Å². The van der Waals surface area contributed by atoms with Gasteiger partial charge in [-0.2, -0.15) is 0 Å². The number of hydrogen-bond donors (Lipinski definition) is 2. The van der Waals surface area contributed by atoms with E-state index in [2.05, 4.69) is 46.7 Å². The first kappa shape index (κ1) is 18.4. The van der Waals surface area contributed by atoms with Gasteiger partial charge in [-0.3, -0.25) is 0 Å². The van der Waals surface area contributed by atoms with Crippen molar-refractivity contribution in [1.29, 1.82) is 0 Å². The van der Waals surface area contributed by atoms with Gasteiger partial charge in [0.2, 0.25) is 0 Å². The van der Waals surface area contributed by atoms with E-state index in [1.54, 1.807) is 18.2 Å². The molecule has 0 bridgehead atoms. The maximum absolute atomic E-state index is 13.7. The Kier molecular flexibility index (Phi) is 6.70. The van der Waals surface area contributed by atoms with Gasteiger partial charge in [0.1, 0.15) is 5.82 Å². The minimum absolute atomic E-state index is 0.177. The Labute approximate surface area is 148 Å². The molecule has 0 amide bonds. The fraction of sp³-hybridized carbons (Fsp3) is 0.316. The van der Waals surface area contributed by atoms with Gasteiger partial charge >= 0.3 is 0 Å². The van der Waals surface area contributed by atoms with Crippen molar-refractivity contribution in [1.82, 2.24) is 10.2 Å².